The Labute approximate surface area is 220 Å². The van der Waals surface area contributed by atoms with Crippen molar-refractivity contribution >= 4 is 6.08 Å². The van der Waals surface area contributed by atoms with Crippen LogP contribution in [0.25, 0.3) is 6.08 Å². The van der Waals surface area contributed by atoms with Crippen LogP contribution in [0.2, 0.25) is 0 Å². The highest BCUT2D eigenvalue weighted by atomic mass is 19.4. The van der Waals surface area contributed by atoms with Gasteiger partial charge in [-0.05, 0) is 123 Å². The van der Waals surface area contributed by atoms with Crippen molar-refractivity contribution in [2.24, 2.45) is 29.6 Å². The van der Waals surface area contributed by atoms with Crippen molar-refractivity contribution in [3.63, 3.8) is 0 Å². The molecule has 0 atom stereocenters. The van der Waals surface area contributed by atoms with E-state index >= 15 is 0 Å². The lowest BCUT2D eigenvalue weighted by atomic mass is 9.64. The molecule has 0 spiro atoms. The monoisotopic (exact) mass is 524 g/mol. The number of hydrogen-bond acceptors (Lipinski definition) is 0. The zero-order valence-electron chi connectivity index (χ0n) is 22.5. The van der Waals surface area contributed by atoms with E-state index in [0.717, 1.165) is 49.4 Å². The average Bonchev–Trinajstić information content (AvgIpc) is 2.88. The van der Waals surface area contributed by atoms with E-state index in [9.17, 15) is 22.0 Å². The molecule has 0 aliphatic heterocycles. The second-order valence-electron chi connectivity index (χ2n) is 12.3. The van der Waals surface area contributed by atoms with Crippen LogP contribution < -0.4 is 0 Å². The van der Waals surface area contributed by atoms with E-state index in [0.29, 0.717) is 17.6 Å². The lowest BCUT2D eigenvalue weighted by Crippen LogP contribution is -2.29. The first-order chi connectivity index (χ1) is 17.7. The smallest absolute Gasteiger partial charge is 0.206 e. The summed E-state index contributed by atoms with van der Waals surface area (Å²) >= 11 is 0. The summed E-state index contributed by atoms with van der Waals surface area (Å²) < 4.78 is 66.1. The molecule has 3 aliphatic rings. The van der Waals surface area contributed by atoms with E-state index in [1.54, 1.807) is 0 Å². The minimum Gasteiger partial charge on any atom is -0.206 e. The van der Waals surface area contributed by atoms with Crippen LogP contribution in [0.4, 0.5) is 22.0 Å². The quantitative estimate of drug-likeness (QED) is 0.234. The number of hydrogen-bond donors (Lipinski definition) is 0. The molecule has 0 nitrogen and oxygen atoms in total. The van der Waals surface area contributed by atoms with Crippen LogP contribution in [-0.2, 0) is 0 Å². The average molecular weight is 525 g/mol. The normalized spacial score (nSPS) is 31.6. The highest BCUT2D eigenvalue weighted by molar-refractivity contribution is 5.52. The SMILES string of the molecule is CCCCCC1CCC(C2CCC(C3CCC(c4cc(F)c(/C=C/C(F)(F)F)c(F)c4)CC3)CC2)CC1. The Morgan fingerprint density at radius 1 is 0.703 bits per heavy atom. The zero-order chi connectivity index (χ0) is 26.4. The van der Waals surface area contributed by atoms with Gasteiger partial charge in [0, 0.05) is 11.6 Å². The summed E-state index contributed by atoms with van der Waals surface area (Å²) in [5.41, 5.74) is -0.0249. The second kappa shape index (κ2) is 13.1. The molecule has 1 aromatic rings. The van der Waals surface area contributed by atoms with Gasteiger partial charge in [-0.25, -0.2) is 8.78 Å². The molecule has 0 saturated heterocycles. The minimum atomic E-state index is -4.59. The maximum absolute atomic E-state index is 14.4. The molecule has 0 N–H and O–H groups in total. The van der Waals surface area contributed by atoms with Gasteiger partial charge in [0.1, 0.15) is 11.6 Å². The van der Waals surface area contributed by atoms with Gasteiger partial charge in [0.15, 0.2) is 0 Å². The Balaban J connectivity index is 1.21. The molecule has 37 heavy (non-hydrogen) atoms. The second-order valence-corrected chi connectivity index (χ2v) is 12.3. The minimum absolute atomic E-state index is 0.0877. The van der Waals surface area contributed by atoms with E-state index < -0.39 is 23.4 Å². The first-order valence-corrected chi connectivity index (χ1v) is 15.0. The molecule has 5 heteroatoms. The number of allylic oxidation sites excluding steroid dienone is 1. The Morgan fingerprint density at radius 2 is 1.16 bits per heavy atom. The summed E-state index contributed by atoms with van der Waals surface area (Å²) in [5, 5.41) is 0. The highest BCUT2D eigenvalue weighted by Crippen LogP contribution is 2.47. The fourth-order valence-corrected chi connectivity index (χ4v) is 7.82. The van der Waals surface area contributed by atoms with Gasteiger partial charge in [-0.1, -0.05) is 45.4 Å². The molecule has 0 amide bonds. The lowest BCUT2D eigenvalue weighted by molar-refractivity contribution is -0.0790. The standard InChI is InChI=1S/C32H45F5/c1-2-3-4-5-22-6-8-23(9-7-22)24-10-12-25(13-11-24)26-14-16-27(17-15-26)28-20-30(33)29(31(34)21-28)18-19-32(35,36)37/h18-27H,2-17H2,1H3/b19-18+. The van der Waals surface area contributed by atoms with Crippen LogP contribution in [-0.4, -0.2) is 6.18 Å². The summed E-state index contributed by atoms with van der Waals surface area (Å²) in [6.45, 7) is 2.28. The fraction of sp³-hybridized carbons (Fsp3) is 0.750. The van der Waals surface area contributed by atoms with Crippen LogP contribution in [0, 0.1) is 41.2 Å². The molecule has 0 heterocycles. The van der Waals surface area contributed by atoms with Crippen LogP contribution in [0.1, 0.15) is 127 Å². The van der Waals surface area contributed by atoms with Crippen LogP contribution in [0.15, 0.2) is 18.2 Å². The van der Waals surface area contributed by atoms with Crippen LogP contribution in [0.5, 0.6) is 0 Å². The predicted molar refractivity (Wildman–Crippen MR) is 141 cm³/mol. The van der Waals surface area contributed by atoms with Gasteiger partial charge < -0.3 is 0 Å². The first kappa shape index (κ1) is 28.6. The third-order valence-corrected chi connectivity index (χ3v) is 10.0. The number of benzene rings is 1. The van der Waals surface area contributed by atoms with E-state index in [4.69, 9.17) is 0 Å². The maximum Gasteiger partial charge on any atom is 0.409 e. The number of unbranched alkanes of at least 4 members (excludes halogenated alkanes) is 2. The Bertz CT molecular complexity index is 841. The molecule has 0 radical (unpaired) electrons. The number of halogens is 5. The van der Waals surface area contributed by atoms with Gasteiger partial charge in [-0.3, -0.25) is 0 Å². The molecule has 0 unspecified atom stereocenters. The van der Waals surface area contributed by atoms with Gasteiger partial charge in [0.25, 0.3) is 0 Å². The van der Waals surface area contributed by atoms with Gasteiger partial charge in [-0.15, -0.1) is 0 Å². The highest BCUT2D eigenvalue weighted by Gasteiger charge is 2.35. The Hall–Kier alpha value is -1.39. The van der Waals surface area contributed by atoms with E-state index in [-0.39, 0.29) is 12.0 Å². The third kappa shape index (κ3) is 8.05. The van der Waals surface area contributed by atoms with Gasteiger partial charge >= 0.3 is 6.18 Å². The molecule has 1 aromatic carbocycles. The maximum atomic E-state index is 14.4. The van der Waals surface area contributed by atoms with E-state index in [2.05, 4.69) is 6.92 Å². The Morgan fingerprint density at radius 3 is 1.62 bits per heavy atom. The molecule has 208 valence electrons. The summed E-state index contributed by atoms with van der Waals surface area (Å²) in [4.78, 5) is 0. The van der Waals surface area contributed by atoms with Crippen molar-refractivity contribution in [3.8, 4) is 0 Å². The van der Waals surface area contributed by atoms with Crippen molar-refractivity contribution in [3.05, 3.63) is 41.0 Å². The van der Waals surface area contributed by atoms with Crippen LogP contribution >= 0.6 is 0 Å². The molecule has 4 rings (SSSR count). The first-order valence-electron chi connectivity index (χ1n) is 15.0. The number of alkyl halides is 3. The lowest BCUT2D eigenvalue weighted by Gasteiger charge is -2.41. The van der Waals surface area contributed by atoms with Crippen molar-refractivity contribution in [2.75, 3.05) is 0 Å². The molecule has 0 aromatic heterocycles. The Kier molecular flexibility index (Phi) is 10.1. The largest absolute Gasteiger partial charge is 0.409 e. The summed E-state index contributed by atoms with van der Waals surface area (Å²) in [7, 11) is 0. The van der Waals surface area contributed by atoms with E-state index in [1.165, 1.54) is 89.2 Å². The number of rotatable bonds is 8. The zero-order valence-corrected chi connectivity index (χ0v) is 22.5. The molecule has 0 bridgehead atoms. The topological polar surface area (TPSA) is 0 Å². The molecule has 3 fully saturated rings. The van der Waals surface area contributed by atoms with E-state index in [1.807, 2.05) is 0 Å². The summed E-state index contributed by atoms with van der Waals surface area (Å²) in [6, 6.07) is 2.49. The fourth-order valence-electron chi connectivity index (χ4n) is 7.82. The molecule has 3 saturated carbocycles. The van der Waals surface area contributed by atoms with Crippen molar-refractivity contribution < 1.29 is 22.0 Å². The summed E-state index contributed by atoms with van der Waals surface area (Å²) in [6.07, 6.45) is 16.5. The third-order valence-electron chi connectivity index (χ3n) is 10.0. The summed E-state index contributed by atoms with van der Waals surface area (Å²) in [5.74, 6) is 2.59. The van der Waals surface area contributed by atoms with Crippen molar-refractivity contribution in [1.82, 2.24) is 0 Å². The molecular weight excluding hydrogens is 479 g/mol. The molecule has 3 aliphatic carbocycles. The van der Waals surface area contributed by atoms with Gasteiger partial charge in [0.2, 0.25) is 0 Å². The van der Waals surface area contributed by atoms with Gasteiger partial charge in [-0.2, -0.15) is 13.2 Å². The van der Waals surface area contributed by atoms with Crippen LogP contribution in [0.3, 0.4) is 0 Å². The van der Waals surface area contributed by atoms with Crippen molar-refractivity contribution in [2.45, 2.75) is 122 Å². The predicted octanol–water partition coefficient (Wildman–Crippen LogP) is 11.0. The van der Waals surface area contributed by atoms with Gasteiger partial charge in [0.05, 0.1) is 0 Å². The molecular formula is C32H45F5. The van der Waals surface area contributed by atoms with Crippen molar-refractivity contribution in [1.29, 1.82) is 0 Å².